The normalized spacial score (nSPS) is 13.9. The lowest BCUT2D eigenvalue weighted by Crippen LogP contribution is -2.48. The molecule has 0 saturated carbocycles. The van der Waals surface area contributed by atoms with Crippen LogP contribution in [-0.2, 0) is 11.2 Å². The Morgan fingerprint density at radius 1 is 0.889 bits per heavy atom. The van der Waals surface area contributed by atoms with Gasteiger partial charge in [0.05, 0.1) is 0 Å². The van der Waals surface area contributed by atoms with Gasteiger partial charge in [0.25, 0.3) is 11.8 Å². The molecule has 1 saturated heterocycles. The molecule has 0 unspecified atom stereocenters. The third kappa shape index (κ3) is 6.26. The van der Waals surface area contributed by atoms with Gasteiger partial charge < -0.3 is 19.9 Å². The lowest BCUT2D eigenvalue weighted by molar-refractivity contribution is -0.128. The van der Waals surface area contributed by atoms with E-state index in [1.807, 2.05) is 77.7 Å². The average molecular weight is 550 g/mol. The van der Waals surface area contributed by atoms with Gasteiger partial charge in [-0.15, -0.1) is 0 Å². The maximum atomic E-state index is 12.9. The van der Waals surface area contributed by atoms with E-state index >= 15 is 0 Å². The van der Waals surface area contributed by atoms with Gasteiger partial charge in [-0.05, 0) is 86.5 Å². The van der Waals surface area contributed by atoms with Crippen LogP contribution in [0.4, 0.5) is 11.4 Å². The number of carbonyl (C=O) groups is 2. The van der Waals surface area contributed by atoms with Gasteiger partial charge in [-0.25, -0.2) is 0 Å². The largest absolute Gasteiger partial charge is 0.478 e. The van der Waals surface area contributed by atoms with Crippen molar-refractivity contribution in [2.75, 3.05) is 36.4 Å². The van der Waals surface area contributed by atoms with Gasteiger partial charge >= 0.3 is 0 Å². The summed E-state index contributed by atoms with van der Waals surface area (Å²) in [7, 11) is 0. The zero-order valence-electron chi connectivity index (χ0n) is 21.0. The van der Waals surface area contributed by atoms with Crippen LogP contribution in [0.3, 0.4) is 0 Å². The van der Waals surface area contributed by atoms with Crippen molar-refractivity contribution in [2.24, 2.45) is 0 Å². The summed E-state index contributed by atoms with van der Waals surface area (Å²) in [6.07, 6.45) is 0.965. The van der Waals surface area contributed by atoms with Gasteiger partial charge in [-0.2, -0.15) is 0 Å². The van der Waals surface area contributed by atoms with E-state index in [1.165, 1.54) is 5.56 Å². The molecule has 1 N–H and O–H groups in total. The van der Waals surface area contributed by atoms with Crippen molar-refractivity contribution < 1.29 is 14.3 Å². The summed E-state index contributed by atoms with van der Waals surface area (Å²) in [5, 5.41) is 2.95. The minimum absolute atomic E-state index is 0.0864. The maximum Gasteiger partial charge on any atom is 0.267 e. The number of halogens is 1. The Balaban J connectivity index is 1.30. The highest BCUT2D eigenvalue weighted by Crippen LogP contribution is 2.24. The Hall–Kier alpha value is -3.32. The van der Waals surface area contributed by atoms with Crippen molar-refractivity contribution in [2.45, 2.75) is 32.8 Å². The molecular formula is C29H32BrN3O3. The lowest BCUT2D eigenvalue weighted by Gasteiger charge is -2.36. The molecule has 2 amide bonds. The van der Waals surface area contributed by atoms with Crippen molar-refractivity contribution in [1.29, 1.82) is 0 Å². The Bertz CT molecular complexity index is 1180. The fraction of sp³-hybridized carbons (Fsp3) is 0.310. The Morgan fingerprint density at radius 3 is 2.08 bits per heavy atom. The second kappa shape index (κ2) is 11.2. The van der Waals surface area contributed by atoms with Crippen molar-refractivity contribution in [3.05, 3.63) is 88.4 Å². The van der Waals surface area contributed by atoms with Crippen LogP contribution in [0, 0.1) is 0 Å². The molecule has 36 heavy (non-hydrogen) atoms. The molecule has 0 radical (unpaired) electrons. The van der Waals surface area contributed by atoms with Gasteiger partial charge in [0.15, 0.2) is 5.60 Å². The van der Waals surface area contributed by atoms with Crippen LogP contribution in [-0.4, -0.2) is 48.5 Å². The molecule has 0 aromatic heterocycles. The highest BCUT2D eigenvalue weighted by molar-refractivity contribution is 9.10. The van der Waals surface area contributed by atoms with Gasteiger partial charge in [0.1, 0.15) is 5.75 Å². The van der Waals surface area contributed by atoms with Gasteiger partial charge in [0, 0.05) is 47.6 Å². The number of ether oxygens (including phenoxy) is 1. The first-order chi connectivity index (χ1) is 17.2. The minimum Gasteiger partial charge on any atom is -0.478 e. The van der Waals surface area contributed by atoms with E-state index in [2.05, 4.69) is 33.1 Å². The van der Waals surface area contributed by atoms with Gasteiger partial charge in [0.2, 0.25) is 0 Å². The standard InChI is InChI=1S/C29H32BrN3O3/c1-4-21-5-7-22(8-6-21)27(34)33-19-17-32(18-20-33)25-13-11-24(12-14-25)31-28(35)29(2,3)36-26-15-9-23(30)10-16-26/h5-16H,4,17-20H2,1-3H3,(H,31,35). The van der Waals surface area contributed by atoms with Crippen LogP contribution in [0.25, 0.3) is 0 Å². The van der Waals surface area contributed by atoms with E-state index in [4.69, 9.17) is 4.74 Å². The topological polar surface area (TPSA) is 61.9 Å². The van der Waals surface area contributed by atoms with E-state index < -0.39 is 5.60 Å². The smallest absolute Gasteiger partial charge is 0.267 e. The first-order valence-electron chi connectivity index (χ1n) is 12.2. The number of hydrogen-bond donors (Lipinski definition) is 1. The molecule has 3 aromatic carbocycles. The molecule has 0 atom stereocenters. The molecule has 7 heteroatoms. The minimum atomic E-state index is -1.04. The van der Waals surface area contributed by atoms with E-state index in [1.54, 1.807) is 13.8 Å². The lowest BCUT2D eigenvalue weighted by atomic mass is 10.1. The predicted octanol–water partition coefficient (Wildman–Crippen LogP) is 5.77. The first-order valence-corrected chi connectivity index (χ1v) is 13.0. The average Bonchev–Trinajstić information content (AvgIpc) is 2.90. The molecule has 0 spiro atoms. The molecule has 0 bridgehead atoms. The number of hydrogen-bond acceptors (Lipinski definition) is 4. The molecule has 188 valence electrons. The van der Waals surface area contributed by atoms with E-state index in [-0.39, 0.29) is 11.8 Å². The summed E-state index contributed by atoms with van der Waals surface area (Å²) >= 11 is 3.40. The number of nitrogens with one attached hydrogen (secondary N) is 1. The van der Waals surface area contributed by atoms with Crippen LogP contribution < -0.4 is 15.0 Å². The number of rotatable bonds is 7. The summed E-state index contributed by atoms with van der Waals surface area (Å²) in [5.74, 6) is 0.491. The second-order valence-electron chi connectivity index (χ2n) is 9.40. The number of amides is 2. The fourth-order valence-electron chi connectivity index (χ4n) is 4.11. The molecular weight excluding hydrogens is 518 g/mol. The number of anilines is 2. The number of nitrogens with zero attached hydrogens (tertiary/aromatic N) is 2. The molecule has 0 aliphatic carbocycles. The third-order valence-electron chi connectivity index (χ3n) is 6.40. The number of aryl methyl sites for hydroxylation is 1. The third-order valence-corrected chi connectivity index (χ3v) is 6.93. The monoisotopic (exact) mass is 549 g/mol. The molecule has 1 aliphatic rings. The second-order valence-corrected chi connectivity index (χ2v) is 10.3. The first kappa shape index (κ1) is 25.8. The van der Waals surface area contributed by atoms with Crippen LogP contribution >= 0.6 is 15.9 Å². The summed E-state index contributed by atoms with van der Waals surface area (Å²) in [6, 6.07) is 23.1. The van der Waals surface area contributed by atoms with E-state index in [0.29, 0.717) is 24.5 Å². The number of benzene rings is 3. The highest BCUT2D eigenvalue weighted by atomic mass is 79.9. The van der Waals surface area contributed by atoms with Crippen molar-refractivity contribution in [3.63, 3.8) is 0 Å². The molecule has 1 aliphatic heterocycles. The van der Waals surface area contributed by atoms with Crippen LogP contribution in [0.2, 0.25) is 0 Å². The number of carbonyl (C=O) groups excluding carboxylic acids is 2. The Morgan fingerprint density at radius 2 is 1.50 bits per heavy atom. The predicted molar refractivity (Wildman–Crippen MR) is 148 cm³/mol. The van der Waals surface area contributed by atoms with Gasteiger partial charge in [-0.3, -0.25) is 9.59 Å². The molecule has 1 fully saturated rings. The van der Waals surface area contributed by atoms with E-state index in [0.717, 1.165) is 35.2 Å². The van der Waals surface area contributed by atoms with Crippen LogP contribution in [0.5, 0.6) is 5.75 Å². The summed E-state index contributed by atoms with van der Waals surface area (Å²) in [4.78, 5) is 29.9. The van der Waals surface area contributed by atoms with Crippen molar-refractivity contribution >= 4 is 39.1 Å². The van der Waals surface area contributed by atoms with Crippen LogP contribution in [0.15, 0.2) is 77.3 Å². The van der Waals surface area contributed by atoms with E-state index in [9.17, 15) is 9.59 Å². The molecule has 1 heterocycles. The van der Waals surface area contributed by atoms with Crippen molar-refractivity contribution in [3.8, 4) is 5.75 Å². The fourth-order valence-corrected chi connectivity index (χ4v) is 4.38. The summed E-state index contributed by atoms with van der Waals surface area (Å²) in [5.41, 5.74) is 2.72. The quantitative estimate of drug-likeness (QED) is 0.406. The Kier molecular flexibility index (Phi) is 7.99. The summed E-state index contributed by atoms with van der Waals surface area (Å²) in [6.45, 7) is 8.48. The zero-order valence-corrected chi connectivity index (χ0v) is 22.5. The zero-order chi connectivity index (χ0) is 25.7. The SMILES string of the molecule is CCc1ccc(C(=O)N2CCN(c3ccc(NC(=O)C(C)(C)Oc4ccc(Br)cc4)cc3)CC2)cc1. The maximum absolute atomic E-state index is 12.9. The van der Waals surface area contributed by atoms with Crippen LogP contribution in [0.1, 0.15) is 36.7 Å². The highest BCUT2D eigenvalue weighted by Gasteiger charge is 2.30. The van der Waals surface area contributed by atoms with Crippen molar-refractivity contribution in [1.82, 2.24) is 4.90 Å². The molecule has 3 aromatic rings. The molecule has 6 nitrogen and oxygen atoms in total. The Labute approximate surface area is 221 Å². The summed E-state index contributed by atoms with van der Waals surface area (Å²) < 4.78 is 6.86. The molecule has 4 rings (SSSR count). The van der Waals surface area contributed by atoms with Gasteiger partial charge in [-0.1, -0.05) is 35.0 Å². The number of piperazine rings is 1.